The zero-order chi connectivity index (χ0) is 14.7. The van der Waals surface area contributed by atoms with Crippen molar-refractivity contribution in [2.45, 2.75) is 18.6 Å². The summed E-state index contributed by atoms with van der Waals surface area (Å²) in [7, 11) is 0. The van der Waals surface area contributed by atoms with Gasteiger partial charge in [0.2, 0.25) is 11.4 Å². The predicted octanol–water partition coefficient (Wildman–Crippen LogP) is -0.587. The number of alkyl halides is 3. The summed E-state index contributed by atoms with van der Waals surface area (Å²) in [4.78, 5) is 23.9. The molecule has 3 N–H and O–H groups in total. The Balaban J connectivity index is 2.64. The SMILES string of the molecule is CC(NC(=O)CN1CCNCC1)(C(=O)O)C(F)(F)F. The first-order chi connectivity index (χ1) is 8.67. The molecule has 110 valence electrons. The van der Waals surface area contributed by atoms with E-state index in [0.717, 1.165) is 0 Å². The zero-order valence-corrected chi connectivity index (χ0v) is 10.4. The van der Waals surface area contributed by atoms with Gasteiger partial charge in [0.1, 0.15) is 0 Å². The molecule has 0 spiro atoms. The average Bonchev–Trinajstić information content (AvgIpc) is 2.28. The molecule has 0 aromatic heterocycles. The molecule has 1 amide bonds. The third kappa shape index (κ3) is 3.80. The van der Waals surface area contributed by atoms with Gasteiger partial charge in [-0.05, 0) is 6.92 Å². The van der Waals surface area contributed by atoms with Crippen LogP contribution < -0.4 is 10.6 Å². The Morgan fingerprint density at radius 2 is 1.84 bits per heavy atom. The van der Waals surface area contributed by atoms with Gasteiger partial charge < -0.3 is 15.7 Å². The van der Waals surface area contributed by atoms with Crippen LogP contribution in [0.3, 0.4) is 0 Å². The van der Waals surface area contributed by atoms with Crippen molar-refractivity contribution < 1.29 is 27.9 Å². The lowest BCUT2D eigenvalue weighted by Gasteiger charge is -2.31. The quantitative estimate of drug-likeness (QED) is 0.643. The van der Waals surface area contributed by atoms with Gasteiger partial charge in [0.15, 0.2) is 0 Å². The molecular weight excluding hydrogens is 267 g/mol. The standard InChI is InChI=1S/C10H16F3N3O3/c1-9(8(18)19,10(11,12)13)15-7(17)6-16-4-2-14-3-5-16/h14H,2-6H2,1H3,(H,15,17)(H,18,19). The van der Waals surface area contributed by atoms with Gasteiger partial charge in [-0.25, -0.2) is 4.79 Å². The van der Waals surface area contributed by atoms with Crippen molar-refractivity contribution in [3.8, 4) is 0 Å². The lowest BCUT2D eigenvalue weighted by Crippen LogP contribution is -2.63. The Labute approximate surface area is 107 Å². The molecule has 0 bridgehead atoms. The number of halogens is 3. The van der Waals surface area contributed by atoms with Crippen LogP contribution in [0.1, 0.15) is 6.92 Å². The van der Waals surface area contributed by atoms with Crippen molar-refractivity contribution in [3.05, 3.63) is 0 Å². The summed E-state index contributed by atoms with van der Waals surface area (Å²) in [5, 5.41) is 13.3. The second-order valence-electron chi connectivity index (χ2n) is 4.50. The van der Waals surface area contributed by atoms with E-state index in [9.17, 15) is 22.8 Å². The molecule has 1 atom stereocenters. The summed E-state index contributed by atoms with van der Waals surface area (Å²) in [5.74, 6) is -3.09. The Morgan fingerprint density at radius 1 is 1.32 bits per heavy atom. The third-order valence-electron chi connectivity index (χ3n) is 2.96. The number of piperazine rings is 1. The fourth-order valence-electron chi connectivity index (χ4n) is 1.64. The molecule has 1 heterocycles. The van der Waals surface area contributed by atoms with Crippen molar-refractivity contribution in [3.63, 3.8) is 0 Å². The van der Waals surface area contributed by atoms with E-state index < -0.39 is 23.6 Å². The van der Waals surface area contributed by atoms with Crippen molar-refractivity contribution in [1.29, 1.82) is 0 Å². The number of carboxylic acid groups (broad SMARTS) is 1. The lowest BCUT2D eigenvalue weighted by atomic mass is 10.0. The van der Waals surface area contributed by atoms with Crippen molar-refractivity contribution in [2.24, 2.45) is 0 Å². The van der Waals surface area contributed by atoms with Crippen molar-refractivity contribution >= 4 is 11.9 Å². The van der Waals surface area contributed by atoms with Gasteiger partial charge in [-0.15, -0.1) is 0 Å². The van der Waals surface area contributed by atoms with Crippen LogP contribution >= 0.6 is 0 Å². The molecular formula is C10H16F3N3O3. The number of aliphatic carboxylic acids is 1. The third-order valence-corrected chi connectivity index (χ3v) is 2.96. The predicted molar refractivity (Wildman–Crippen MR) is 59.5 cm³/mol. The van der Waals surface area contributed by atoms with Crippen molar-refractivity contribution in [2.75, 3.05) is 32.7 Å². The minimum Gasteiger partial charge on any atom is -0.479 e. The first-order valence-electron chi connectivity index (χ1n) is 5.71. The number of hydrogen-bond donors (Lipinski definition) is 3. The number of nitrogens with zero attached hydrogens (tertiary/aromatic N) is 1. The normalized spacial score (nSPS) is 20.6. The maximum absolute atomic E-state index is 12.7. The van der Waals surface area contributed by atoms with Crippen LogP contribution in [-0.2, 0) is 9.59 Å². The van der Waals surface area contributed by atoms with Gasteiger partial charge in [0.25, 0.3) is 0 Å². The summed E-state index contributed by atoms with van der Waals surface area (Å²) in [5.41, 5.74) is -3.27. The maximum atomic E-state index is 12.7. The van der Waals surface area contributed by atoms with E-state index in [4.69, 9.17) is 5.11 Å². The Hall–Kier alpha value is -1.35. The van der Waals surface area contributed by atoms with Crippen LogP contribution in [0.5, 0.6) is 0 Å². The maximum Gasteiger partial charge on any atom is 0.422 e. The minimum atomic E-state index is -5.06. The molecule has 0 saturated carbocycles. The van der Waals surface area contributed by atoms with E-state index in [2.05, 4.69) is 5.32 Å². The number of carbonyl (C=O) groups is 2. The molecule has 1 unspecified atom stereocenters. The fraction of sp³-hybridized carbons (Fsp3) is 0.800. The molecule has 9 heteroatoms. The zero-order valence-electron chi connectivity index (χ0n) is 10.4. The topological polar surface area (TPSA) is 81.7 Å². The molecule has 0 radical (unpaired) electrons. The average molecular weight is 283 g/mol. The van der Waals surface area contributed by atoms with Crippen LogP contribution in [-0.4, -0.2) is 66.3 Å². The van der Waals surface area contributed by atoms with E-state index in [1.54, 1.807) is 10.2 Å². The minimum absolute atomic E-state index is 0.249. The first-order valence-corrected chi connectivity index (χ1v) is 5.71. The molecule has 1 fully saturated rings. The van der Waals surface area contributed by atoms with E-state index >= 15 is 0 Å². The van der Waals surface area contributed by atoms with Gasteiger partial charge in [0.05, 0.1) is 6.54 Å². The van der Waals surface area contributed by atoms with Gasteiger partial charge >= 0.3 is 12.1 Å². The van der Waals surface area contributed by atoms with Gasteiger partial charge in [-0.3, -0.25) is 9.69 Å². The van der Waals surface area contributed by atoms with E-state index in [1.807, 2.05) is 0 Å². The van der Waals surface area contributed by atoms with Gasteiger partial charge in [-0.1, -0.05) is 0 Å². The van der Waals surface area contributed by atoms with Crippen LogP contribution in [0.25, 0.3) is 0 Å². The Morgan fingerprint density at radius 3 is 2.26 bits per heavy atom. The molecule has 0 aromatic rings. The van der Waals surface area contributed by atoms with Crippen LogP contribution in [0.4, 0.5) is 13.2 Å². The highest BCUT2D eigenvalue weighted by atomic mass is 19.4. The van der Waals surface area contributed by atoms with Crippen LogP contribution in [0.15, 0.2) is 0 Å². The molecule has 6 nitrogen and oxygen atoms in total. The summed E-state index contributed by atoms with van der Waals surface area (Å²) in [6.07, 6.45) is -5.06. The fourth-order valence-corrected chi connectivity index (χ4v) is 1.64. The second-order valence-corrected chi connectivity index (χ2v) is 4.50. The Kier molecular flexibility index (Phi) is 4.75. The van der Waals surface area contributed by atoms with Crippen LogP contribution in [0, 0.1) is 0 Å². The summed E-state index contributed by atoms with van der Waals surface area (Å²) in [6.45, 7) is 2.53. The first kappa shape index (κ1) is 15.7. The summed E-state index contributed by atoms with van der Waals surface area (Å²) >= 11 is 0. The van der Waals surface area contributed by atoms with E-state index in [-0.39, 0.29) is 6.54 Å². The number of rotatable bonds is 4. The number of carbonyl (C=O) groups excluding carboxylic acids is 1. The molecule has 1 saturated heterocycles. The molecule has 0 aliphatic carbocycles. The summed E-state index contributed by atoms with van der Waals surface area (Å²) in [6, 6.07) is 0. The molecule has 1 aliphatic heterocycles. The summed E-state index contributed by atoms with van der Waals surface area (Å²) < 4.78 is 38.0. The Bertz CT molecular complexity index is 356. The van der Waals surface area contributed by atoms with Crippen molar-refractivity contribution in [1.82, 2.24) is 15.5 Å². The van der Waals surface area contributed by atoms with E-state index in [1.165, 1.54) is 0 Å². The highest BCUT2D eigenvalue weighted by molar-refractivity contribution is 5.88. The smallest absolute Gasteiger partial charge is 0.422 e. The van der Waals surface area contributed by atoms with Gasteiger partial charge in [-0.2, -0.15) is 13.2 Å². The van der Waals surface area contributed by atoms with Crippen LogP contribution in [0.2, 0.25) is 0 Å². The largest absolute Gasteiger partial charge is 0.479 e. The number of carboxylic acids is 1. The van der Waals surface area contributed by atoms with E-state index in [0.29, 0.717) is 33.1 Å². The number of nitrogens with one attached hydrogen (secondary N) is 2. The van der Waals surface area contributed by atoms with Gasteiger partial charge in [0, 0.05) is 26.2 Å². The monoisotopic (exact) mass is 283 g/mol. The lowest BCUT2D eigenvalue weighted by molar-refractivity contribution is -0.207. The molecule has 0 aromatic carbocycles. The highest BCUT2D eigenvalue weighted by Crippen LogP contribution is 2.30. The second kappa shape index (κ2) is 5.74. The molecule has 19 heavy (non-hydrogen) atoms. The molecule has 1 rings (SSSR count). The highest BCUT2D eigenvalue weighted by Gasteiger charge is 2.58. The molecule has 1 aliphatic rings. The number of amides is 1. The number of hydrogen-bond acceptors (Lipinski definition) is 4.